The molecule has 0 unspecified atom stereocenters. The highest BCUT2D eigenvalue weighted by molar-refractivity contribution is 5.67. The van der Waals surface area contributed by atoms with Crippen LogP contribution in [0.4, 0.5) is 0 Å². The number of methoxy groups -OCH3 is 1. The number of nitrogens with zero attached hydrogens (tertiary/aromatic N) is 3. The molecule has 5 heteroatoms. The van der Waals surface area contributed by atoms with E-state index in [1.807, 2.05) is 65.3 Å². The zero-order valence-corrected chi connectivity index (χ0v) is 14.8. The van der Waals surface area contributed by atoms with Gasteiger partial charge in [-0.1, -0.05) is 18.2 Å². The number of imidazole rings is 1. The zero-order chi connectivity index (χ0) is 18.6. The minimum atomic E-state index is 0.400. The van der Waals surface area contributed by atoms with Gasteiger partial charge in [0.25, 0.3) is 0 Å². The van der Waals surface area contributed by atoms with Gasteiger partial charge in [-0.15, -0.1) is 0 Å². The van der Waals surface area contributed by atoms with Crippen molar-refractivity contribution in [1.82, 2.24) is 9.38 Å². The number of hydrogen-bond donors (Lipinski definition) is 0. The molecule has 0 saturated carbocycles. The molecular weight excluding hydrogens is 338 g/mol. The average molecular weight is 355 g/mol. The SMILES string of the molecule is COc1cc(-c2cnc3ccccn23)ccc1OCc1ccc(C#N)cc1. The number of aromatic nitrogens is 2. The van der Waals surface area contributed by atoms with Crippen molar-refractivity contribution in [3.05, 3.63) is 84.2 Å². The highest BCUT2D eigenvalue weighted by Crippen LogP contribution is 2.33. The van der Waals surface area contributed by atoms with Crippen LogP contribution >= 0.6 is 0 Å². The van der Waals surface area contributed by atoms with E-state index in [1.54, 1.807) is 19.2 Å². The number of ether oxygens (including phenoxy) is 2. The number of nitriles is 1. The van der Waals surface area contributed by atoms with Gasteiger partial charge in [-0.3, -0.25) is 4.40 Å². The molecule has 2 aromatic heterocycles. The molecule has 0 aliphatic rings. The van der Waals surface area contributed by atoms with Crippen LogP contribution in [0, 0.1) is 11.3 Å². The lowest BCUT2D eigenvalue weighted by atomic mass is 10.1. The summed E-state index contributed by atoms with van der Waals surface area (Å²) in [5.74, 6) is 1.33. The highest BCUT2D eigenvalue weighted by atomic mass is 16.5. The molecule has 2 heterocycles. The first kappa shape index (κ1) is 16.7. The van der Waals surface area contributed by atoms with Crippen LogP contribution in [0.5, 0.6) is 11.5 Å². The molecule has 0 saturated heterocycles. The van der Waals surface area contributed by atoms with Crippen molar-refractivity contribution in [3.8, 4) is 28.8 Å². The van der Waals surface area contributed by atoms with Crippen LogP contribution in [0.2, 0.25) is 0 Å². The van der Waals surface area contributed by atoms with E-state index < -0.39 is 0 Å². The lowest BCUT2D eigenvalue weighted by molar-refractivity contribution is 0.284. The maximum Gasteiger partial charge on any atom is 0.161 e. The number of rotatable bonds is 5. The summed E-state index contributed by atoms with van der Waals surface area (Å²) >= 11 is 0. The van der Waals surface area contributed by atoms with Crippen molar-refractivity contribution in [1.29, 1.82) is 5.26 Å². The Morgan fingerprint density at radius 1 is 1.04 bits per heavy atom. The molecular formula is C22H17N3O2. The van der Waals surface area contributed by atoms with Gasteiger partial charge in [0.15, 0.2) is 11.5 Å². The summed E-state index contributed by atoms with van der Waals surface area (Å²) < 4.78 is 13.5. The van der Waals surface area contributed by atoms with Crippen LogP contribution in [0.25, 0.3) is 16.9 Å². The van der Waals surface area contributed by atoms with Gasteiger partial charge >= 0.3 is 0 Å². The van der Waals surface area contributed by atoms with Crippen LogP contribution in [0.3, 0.4) is 0 Å². The molecule has 0 spiro atoms. The molecule has 27 heavy (non-hydrogen) atoms. The minimum Gasteiger partial charge on any atom is -0.493 e. The van der Waals surface area contributed by atoms with E-state index in [0.717, 1.165) is 22.5 Å². The maximum absolute atomic E-state index is 8.87. The van der Waals surface area contributed by atoms with Crippen LogP contribution < -0.4 is 9.47 Å². The first-order valence-electron chi connectivity index (χ1n) is 8.51. The lowest BCUT2D eigenvalue weighted by Crippen LogP contribution is -1.98. The smallest absolute Gasteiger partial charge is 0.161 e. The molecule has 0 bridgehead atoms. The molecule has 5 nitrogen and oxygen atoms in total. The van der Waals surface area contributed by atoms with E-state index in [0.29, 0.717) is 23.7 Å². The molecule has 0 N–H and O–H groups in total. The standard InChI is InChI=1S/C22H17N3O2/c1-26-21-12-18(19-14-24-22-4-2-3-11-25(19)22)9-10-20(21)27-15-17-7-5-16(13-23)6-8-17/h2-12,14H,15H2,1H3. The first-order chi connectivity index (χ1) is 13.3. The molecule has 132 valence electrons. The van der Waals surface area contributed by atoms with Gasteiger partial charge in [-0.2, -0.15) is 5.26 Å². The summed E-state index contributed by atoms with van der Waals surface area (Å²) in [6, 6.07) is 21.2. The van der Waals surface area contributed by atoms with Gasteiger partial charge in [0.2, 0.25) is 0 Å². The largest absolute Gasteiger partial charge is 0.493 e. The first-order valence-corrected chi connectivity index (χ1v) is 8.51. The van der Waals surface area contributed by atoms with E-state index in [4.69, 9.17) is 14.7 Å². The third-order valence-corrected chi connectivity index (χ3v) is 4.35. The summed E-state index contributed by atoms with van der Waals surface area (Å²) in [6.45, 7) is 0.400. The Hall–Kier alpha value is -3.78. The molecule has 0 aliphatic carbocycles. The van der Waals surface area contributed by atoms with Crippen molar-refractivity contribution < 1.29 is 9.47 Å². The predicted octanol–water partition coefficient (Wildman–Crippen LogP) is 4.46. The van der Waals surface area contributed by atoms with Crippen LogP contribution in [-0.4, -0.2) is 16.5 Å². The van der Waals surface area contributed by atoms with Crippen LogP contribution in [0.1, 0.15) is 11.1 Å². The van der Waals surface area contributed by atoms with E-state index >= 15 is 0 Å². The van der Waals surface area contributed by atoms with E-state index in [9.17, 15) is 0 Å². The predicted molar refractivity (Wildman–Crippen MR) is 103 cm³/mol. The summed E-state index contributed by atoms with van der Waals surface area (Å²) in [5, 5.41) is 8.87. The van der Waals surface area contributed by atoms with Gasteiger partial charge in [-0.05, 0) is 48.0 Å². The summed E-state index contributed by atoms with van der Waals surface area (Å²) in [7, 11) is 1.63. The highest BCUT2D eigenvalue weighted by Gasteiger charge is 2.11. The van der Waals surface area contributed by atoms with Crippen LogP contribution in [0.15, 0.2) is 73.1 Å². The van der Waals surface area contributed by atoms with E-state index in [1.165, 1.54) is 0 Å². The Bertz CT molecular complexity index is 1120. The maximum atomic E-state index is 8.87. The molecule has 0 amide bonds. The molecule has 0 radical (unpaired) electrons. The van der Waals surface area contributed by atoms with E-state index in [-0.39, 0.29) is 0 Å². The molecule has 4 rings (SSSR count). The fraction of sp³-hybridized carbons (Fsp3) is 0.0909. The van der Waals surface area contributed by atoms with Crippen molar-refractivity contribution >= 4 is 5.65 Å². The quantitative estimate of drug-likeness (QED) is 0.530. The second kappa shape index (κ2) is 7.22. The Labute approximate surface area is 157 Å². The van der Waals surface area contributed by atoms with Gasteiger partial charge in [-0.25, -0.2) is 4.98 Å². The van der Waals surface area contributed by atoms with Gasteiger partial charge in [0.05, 0.1) is 30.6 Å². The van der Waals surface area contributed by atoms with Gasteiger partial charge in [0.1, 0.15) is 12.3 Å². The van der Waals surface area contributed by atoms with Gasteiger partial charge < -0.3 is 9.47 Å². The molecule has 0 fully saturated rings. The third-order valence-electron chi connectivity index (χ3n) is 4.35. The van der Waals surface area contributed by atoms with Crippen LogP contribution in [-0.2, 0) is 6.61 Å². The normalized spacial score (nSPS) is 10.5. The summed E-state index contributed by atoms with van der Waals surface area (Å²) in [4.78, 5) is 4.43. The monoisotopic (exact) mass is 355 g/mol. The van der Waals surface area contributed by atoms with Crippen molar-refractivity contribution in [2.24, 2.45) is 0 Å². The Morgan fingerprint density at radius 3 is 2.67 bits per heavy atom. The Morgan fingerprint density at radius 2 is 1.89 bits per heavy atom. The number of hydrogen-bond acceptors (Lipinski definition) is 4. The molecule has 4 aromatic rings. The summed E-state index contributed by atoms with van der Waals surface area (Å²) in [6.07, 6.45) is 3.83. The number of pyridine rings is 1. The number of benzene rings is 2. The second-order valence-electron chi connectivity index (χ2n) is 6.04. The Kier molecular flexibility index (Phi) is 4.46. The minimum absolute atomic E-state index is 0.400. The lowest BCUT2D eigenvalue weighted by Gasteiger charge is -2.12. The van der Waals surface area contributed by atoms with Gasteiger partial charge in [0, 0.05) is 11.8 Å². The molecule has 0 atom stereocenters. The molecule has 0 aliphatic heterocycles. The van der Waals surface area contributed by atoms with Crippen molar-refractivity contribution in [2.75, 3.05) is 7.11 Å². The number of fused-ring (bicyclic) bond motifs is 1. The average Bonchev–Trinajstić information content (AvgIpc) is 3.16. The zero-order valence-electron chi connectivity index (χ0n) is 14.8. The summed E-state index contributed by atoms with van der Waals surface area (Å²) in [5.41, 5.74) is 4.50. The molecule has 2 aromatic carbocycles. The Balaban J connectivity index is 1.58. The fourth-order valence-electron chi connectivity index (χ4n) is 2.93. The van der Waals surface area contributed by atoms with Crippen molar-refractivity contribution in [3.63, 3.8) is 0 Å². The fourth-order valence-corrected chi connectivity index (χ4v) is 2.93. The second-order valence-corrected chi connectivity index (χ2v) is 6.04. The van der Waals surface area contributed by atoms with E-state index in [2.05, 4.69) is 11.1 Å². The third kappa shape index (κ3) is 3.33. The topological polar surface area (TPSA) is 59.6 Å². The van der Waals surface area contributed by atoms with Crippen molar-refractivity contribution in [2.45, 2.75) is 6.61 Å².